The van der Waals surface area contributed by atoms with Crippen molar-refractivity contribution in [3.8, 4) is 0 Å². The number of carbonyl (C=O) groups is 1. The average molecular weight is 221 g/mol. The third-order valence-electron chi connectivity index (χ3n) is 2.51. The number of carbonyl (C=O) groups excluding carboxylic acids is 1. The van der Waals surface area contributed by atoms with Crippen molar-refractivity contribution in [1.29, 1.82) is 0 Å². The van der Waals surface area contributed by atoms with Gasteiger partial charge >= 0.3 is 0 Å². The highest BCUT2D eigenvalue weighted by atomic mass is 16.4. The van der Waals surface area contributed by atoms with E-state index >= 15 is 0 Å². The normalized spacial score (nSPS) is 10.2. The number of nitrogens with two attached hydrogens (primary N) is 1. The van der Waals surface area contributed by atoms with Gasteiger partial charge in [-0.15, -0.1) is 0 Å². The molecule has 0 bridgehead atoms. The molecule has 0 atom stereocenters. The number of carboxylic acid groups (broad SMARTS) is 1. The highest BCUT2D eigenvalue weighted by Crippen LogP contribution is 1.97. The molecule has 88 valence electrons. The lowest BCUT2D eigenvalue weighted by molar-refractivity contribution is -0.671. The monoisotopic (exact) mass is 221 g/mol. The highest BCUT2D eigenvalue weighted by molar-refractivity contribution is 5.63. The zero-order valence-corrected chi connectivity index (χ0v) is 9.52. The fraction of sp³-hybridized carbons (Fsp3) is 0.462. The topological polar surface area (TPSA) is 56.7 Å². The first-order chi connectivity index (χ1) is 7.79. The molecule has 0 aromatic heterocycles. The van der Waals surface area contributed by atoms with Gasteiger partial charge < -0.3 is 15.2 Å². The summed E-state index contributed by atoms with van der Waals surface area (Å²) in [5.74, 6) is -0.937. The molecular weight excluding hydrogens is 202 g/mol. The Morgan fingerprint density at radius 1 is 1.12 bits per heavy atom. The van der Waals surface area contributed by atoms with Crippen LogP contribution < -0.4 is 10.4 Å². The van der Waals surface area contributed by atoms with Crippen LogP contribution in [0.2, 0.25) is 0 Å². The van der Waals surface area contributed by atoms with Gasteiger partial charge in [-0.2, -0.15) is 0 Å². The molecule has 0 radical (unpaired) electrons. The van der Waals surface area contributed by atoms with E-state index < -0.39 is 5.97 Å². The van der Waals surface area contributed by atoms with E-state index in [1.807, 2.05) is 18.2 Å². The minimum Gasteiger partial charge on any atom is -0.550 e. The third kappa shape index (κ3) is 6.19. The summed E-state index contributed by atoms with van der Waals surface area (Å²) in [6, 6.07) is 10.3. The lowest BCUT2D eigenvalue weighted by Gasteiger charge is -2.03. The molecule has 0 saturated heterocycles. The Labute approximate surface area is 96.5 Å². The van der Waals surface area contributed by atoms with Crippen molar-refractivity contribution < 1.29 is 15.2 Å². The van der Waals surface area contributed by atoms with Crippen LogP contribution in [0.4, 0.5) is 0 Å². The summed E-state index contributed by atoms with van der Waals surface area (Å²) in [4.78, 5) is 10.2. The molecule has 3 nitrogen and oxygen atoms in total. The summed E-state index contributed by atoms with van der Waals surface area (Å²) >= 11 is 0. The fourth-order valence-electron chi connectivity index (χ4n) is 1.62. The summed E-state index contributed by atoms with van der Waals surface area (Å²) in [5.41, 5.74) is 1.33. The van der Waals surface area contributed by atoms with Crippen molar-refractivity contribution in [2.75, 3.05) is 6.54 Å². The summed E-state index contributed by atoms with van der Waals surface area (Å²) in [5, 5.41) is 12.4. The van der Waals surface area contributed by atoms with Crippen LogP contribution in [0, 0.1) is 0 Å². The summed E-state index contributed by atoms with van der Waals surface area (Å²) in [7, 11) is 0. The molecule has 0 fully saturated rings. The van der Waals surface area contributed by atoms with Gasteiger partial charge in [0.2, 0.25) is 0 Å². The SMILES string of the molecule is O=C([O-])CCCCC[NH2+]Cc1ccccc1. The van der Waals surface area contributed by atoms with Gasteiger partial charge in [0.25, 0.3) is 0 Å². The smallest absolute Gasteiger partial charge is 0.101 e. The van der Waals surface area contributed by atoms with E-state index in [9.17, 15) is 9.90 Å². The minimum atomic E-state index is -0.937. The molecule has 0 aliphatic heterocycles. The number of carboxylic acids is 1. The second-order valence-corrected chi connectivity index (χ2v) is 3.95. The Bertz CT molecular complexity index is 298. The Balaban J connectivity index is 1.94. The predicted octanol–water partition coefficient (Wildman–Crippen LogP) is 0.0603. The van der Waals surface area contributed by atoms with Gasteiger partial charge in [-0.3, -0.25) is 0 Å². The van der Waals surface area contributed by atoms with Crippen molar-refractivity contribution in [3.63, 3.8) is 0 Å². The maximum atomic E-state index is 10.2. The van der Waals surface area contributed by atoms with Crippen molar-refractivity contribution in [3.05, 3.63) is 35.9 Å². The number of benzene rings is 1. The lowest BCUT2D eigenvalue weighted by Crippen LogP contribution is -2.82. The molecular formula is C13H19NO2. The predicted molar refractivity (Wildman–Crippen MR) is 60.4 cm³/mol. The molecule has 0 aliphatic rings. The van der Waals surface area contributed by atoms with Gasteiger partial charge in [-0.25, -0.2) is 0 Å². The highest BCUT2D eigenvalue weighted by Gasteiger charge is 1.95. The molecule has 0 unspecified atom stereocenters. The van der Waals surface area contributed by atoms with Crippen molar-refractivity contribution in [1.82, 2.24) is 0 Å². The van der Waals surface area contributed by atoms with E-state index in [-0.39, 0.29) is 6.42 Å². The number of aliphatic carboxylic acids is 1. The number of hydrogen-bond acceptors (Lipinski definition) is 2. The molecule has 0 spiro atoms. The molecule has 0 aliphatic carbocycles. The van der Waals surface area contributed by atoms with Gasteiger partial charge in [-0.05, 0) is 25.7 Å². The number of hydrogen-bond donors (Lipinski definition) is 1. The maximum Gasteiger partial charge on any atom is 0.101 e. The van der Waals surface area contributed by atoms with Crippen molar-refractivity contribution in [2.24, 2.45) is 0 Å². The molecule has 1 rings (SSSR count). The molecule has 1 aromatic carbocycles. The van der Waals surface area contributed by atoms with Crippen LogP contribution in [0.1, 0.15) is 31.2 Å². The molecule has 3 heteroatoms. The van der Waals surface area contributed by atoms with Crippen LogP contribution in [0.3, 0.4) is 0 Å². The summed E-state index contributed by atoms with van der Waals surface area (Å²) in [6.45, 7) is 2.06. The average Bonchev–Trinajstić information content (AvgIpc) is 2.29. The van der Waals surface area contributed by atoms with E-state index in [2.05, 4.69) is 17.4 Å². The summed E-state index contributed by atoms with van der Waals surface area (Å²) in [6.07, 6.45) is 2.97. The largest absolute Gasteiger partial charge is 0.550 e. The Morgan fingerprint density at radius 2 is 1.88 bits per heavy atom. The van der Waals surface area contributed by atoms with Crippen LogP contribution in [0.5, 0.6) is 0 Å². The molecule has 16 heavy (non-hydrogen) atoms. The van der Waals surface area contributed by atoms with Crippen LogP contribution in [-0.4, -0.2) is 12.5 Å². The van der Waals surface area contributed by atoms with E-state index in [0.717, 1.165) is 32.4 Å². The Morgan fingerprint density at radius 3 is 2.56 bits per heavy atom. The van der Waals surface area contributed by atoms with Crippen molar-refractivity contribution in [2.45, 2.75) is 32.2 Å². The van der Waals surface area contributed by atoms with Gasteiger partial charge in [0.05, 0.1) is 6.54 Å². The van der Waals surface area contributed by atoms with Gasteiger partial charge in [0, 0.05) is 11.5 Å². The van der Waals surface area contributed by atoms with Crippen LogP contribution in [0.25, 0.3) is 0 Å². The fourth-order valence-corrected chi connectivity index (χ4v) is 1.62. The van der Waals surface area contributed by atoms with E-state index in [1.165, 1.54) is 5.56 Å². The Hall–Kier alpha value is -1.35. The zero-order chi connectivity index (χ0) is 11.6. The minimum absolute atomic E-state index is 0.193. The first-order valence-corrected chi connectivity index (χ1v) is 5.84. The summed E-state index contributed by atoms with van der Waals surface area (Å²) < 4.78 is 0. The molecule has 0 saturated carbocycles. The maximum absolute atomic E-state index is 10.2. The second-order valence-electron chi connectivity index (χ2n) is 3.95. The molecule has 1 aromatic rings. The lowest BCUT2D eigenvalue weighted by atomic mass is 10.2. The van der Waals surface area contributed by atoms with Crippen LogP contribution in [0.15, 0.2) is 30.3 Å². The Kier molecular flexibility index (Phi) is 6.26. The third-order valence-corrected chi connectivity index (χ3v) is 2.51. The first-order valence-electron chi connectivity index (χ1n) is 5.84. The van der Waals surface area contributed by atoms with Gasteiger partial charge in [0.1, 0.15) is 6.54 Å². The van der Waals surface area contributed by atoms with Crippen LogP contribution in [-0.2, 0) is 11.3 Å². The molecule has 0 amide bonds. The van der Waals surface area contributed by atoms with Crippen LogP contribution >= 0.6 is 0 Å². The van der Waals surface area contributed by atoms with E-state index in [4.69, 9.17) is 0 Å². The first kappa shape index (κ1) is 12.7. The zero-order valence-electron chi connectivity index (χ0n) is 9.52. The number of quaternary nitrogens is 1. The molecule has 0 heterocycles. The standard InChI is InChI=1S/C13H19NO2/c15-13(16)9-5-2-6-10-14-11-12-7-3-1-4-8-12/h1,3-4,7-8,14H,2,5-6,9-11H2,(H,15,16). The van der Waals surface area contributed by atoms with Gasteiger partial charge in [-0.1, -0.05) is 30.3 Å². The van der Waals surface area contributed by atoms with E-state index in [1.54, 1.807) is 0 Å². The number of rotatable bonds is 8. The molecule has 2 N–H and O–H groups in total. The van der Waals surface area contributed by atoms with Crippen molar-refractivity contribution >= 4 is 5.97 Å². The number of unbranched alkanes of at least 4 members (excludes halogenated alkanes) is 2. The second kappa shape index (κ2) is 7.88. The van der Waals surface area contributed by atoms with E-state index in [0.29, 0.717) is 0 Å². The van der Waals surface area contributed by atoms with Gasteiger partial charge in [0.15, 0.2) is 0 Å². The quantitative estimate of drug-likeness (QED) is 0.631.